The van der Waals surface area contributed by atoms with E-state index in [2.05, 4.69) is 10.4 Å². The average Bonchev–Trinajstić information content (AvgIpc) is 2.97. The van der Waals surface area contributed by atoms with Crippen LogP contribution in [0.1, 0.15) is 19.8 Å². The Morgan fingerprint density at radius 2 is 2.42 bits per heavy atom. The molecule has 0 radical (unpaired) electrons. The summed E-state index contributed by atoms with van der Waals surface area (Å²) in [4.78, 5) is 25.8. The molecule has 1 aromatic heterocycles. The molecule has 0 bridgehead atoms. The molecule has 2 aliphatic rings. The van der Waals surface area contributed by atoms with E-state index in [0.717, 1.165) is 6.42 Å². The van der Waals surface area contributed by atoms with Crippen LogP contribution in [0.2, 0.25) is 0 Å². The van der Waals surface area contributed by atoms with Crippen molar-refractivity contribution in [2.24, 2.45) is 7.05 Å². The molecule has 0 spiro atoms. The van der Waals surface area contributed by atoms with Crippen LogP contribution in [0.3, 0.4) is 0 Å². The van der Waals surface area contributed by atoms with Crippen LogP contribution in [0, 0.1) is 0 Å². The molecule has 2 fully saturated rings. The van der Waals surface area contributed by atoms with Crippen LogP contribution in [0.15, 0.2) is 12.3 Å². The van der Waals surface area contributed by atoms with Crippen molar-refractivity contribution in [1.29, 1.82) is 0 Å². The molecule has 2 aliphatic heterocycles. The molecule has 7 heteroatoms. The highest BCUT2D eigenvalue weighted by atomic mass is 32.2. The summed E-state index contributed by atoms with van der Waals surface area (Å²) < 4.78 is 1.63. The summed E-state index contributed by atoms with van der Waals surface area (Å²) in [7, 11) is 1.79. The summed E-state index contributed by atoms with van der Waals surface area (Å²) in [6.45, 7) is 2.04. The lowest BCUT2D eigenvalue weighted by Gasteiger charge is -2.29. The molecule has 102 valence electrons. The molecule has 0 saturated carbocycles. The Morgan fingerprint density at radius 1 is 1.63 bits per heavy atom. The molecule has 0 aliphatic carbocycles. The van der Waals surface area contributed by atoms with Crippen molar-refractivity contribution in [2.45, 2.75) is 30.7 Å². The smallest absolute Gasteiger partial charge is 0.249 e. The second-order valence-corrected chi connectivity index (χ2v) is 6.63. The van der Waals surface area contributed by atoms with Gasteiger partial charge in [0, 0.05) is 31.5 Å². The van der Waals surface area contributed by atoms with Gasteiger partial charge in [-0.25, -0.2) is 0 Å². The lowest BCUT2D eigenvalue weighted by molar-refractivity contribution is -0.135. The van der Waals surface area contributed by atoms with E-state index >= 15 is 0 Å². The van der Waals surface area contributed by atoms with Gasteiger partial charge in [-0.05, 0) is 13.3 Å². The minimum Gasteiger partial charge on any atom is -0.315 e. The van der Waals surface area contributed by atoms with E-state index in [4.69, 9.17) is 0 Å². The lowest BCUT2D eigenvalue weighted by Crippen LogP contribution is -2.48. The number of aryl methyl sites for hydroxylation is 1. The minimum absolute atomic E-state index is 0.0775. The number of aromatic nitrogens is 2. The Labute approximate surface area is 115 Å². The molecule has 0 aromatic carbocycles. The number of carbonyl (C=O) groups is 2. The number of hydrogen-bond donors (Lipinski definition) is 1. The predicted octanol–water partition coefficient (Wildman–Crippen LogP) is 0.813. The summed E-state index contributed by atoms with van der Waals surface area (Å²) in [5.41, 5.74) is 0. The van der Waals surface area contributed by atoms with Gasteiger partial charge in [0.15, 0.2) is 5.82 Å². The van der Waals surface area contributed by atoms with Gasteiger partial charge in [-0.1, -0.05) is 0 Å². The van der Waals surface area contributed by atoms with E-state index in [-0.39, 0.29) is 22.7 Å². The Kier molecular flexibility index (Phi) is 2.81. The van der Waals surface area contributed by atoms with Crippen LogP contribution in [0.4, 0.5) is 5.82 Å². The quantitative estimate of drug-likeness (QED) is 0.870. The van der Waals surface area contributed by atoms with Gasteiger partial charge in [-0.15, -0.1) is 11.8 Å². The van der Waals surface area contributed by atoms with Crippen molar-refractivity contribution in [3.05, 3.63) is 12.3 Å². The van der Waals surface area contributed by atoms with E-state index in [9.17, 15) is 9.59 Å². The lowest BCUT2D eigenvalue weighted by atomic mass is 10.2. The van der Waals surface area contributed by atoms with Crippen LogP contribution in [-0.4, -0.2) is 43.2 Å². The Hall–Kier alpha value is -1.50. The SMILES string of the molecule is Cn1ccc(NC(=O)[C@H]2CS[C@@]3(C)CCC(=O)N23)n1. The first-order valence-corrected chi connectivity index (χ1v) is 7.25. The van der Waals surface area contributed by atoms with Gasteiger partial charge in [0.25, 0.3) is 0 Å². The predicted molar refractivity (Wildman–Crippen MR) is 72.6 cm³/mol. The molecule has 2 amide bonds. The molecule has 3 rings (SSSR count). The molecule has 1 aromatic rings. The van der Waals surface area contributed by atoms with Crippen molar-refractivity contribution < 1.29 is 9.59 Å². The van der Waals surface area contributed by atoms with Crippen LogP contribution in [0.25, 0.3) is 0 Å². The first kappa shape index (κ1) is 12.5. The fourth-order valence-electron chi connectivity index (χ4n) is 2.71. The highest BCUT2D eigenvalue weighted by molar-refractivity contribution is 8.01. The van der Waals surface area contributed by atoms with E-state index in [1.807, 2.05) is 6.92 Å². The maximum atomic E-state index is 12.3. The van der Waals surface area contributed by atoms with E-state index in [1.165, 1.54) is 0 Å². The van der Waals surface area contributed by atoms with Crippen LogP contribution in [0.5, 0.6) is 0 Å². The normalized spacial score (nSPS) is 29.7. The average molecular weight is 280 g/mol. The van der Waals surface area contributed by atoms with Gasteiger partial charge in [-0.3, -0.25) is 14.3 Å². The Morgan fingerprint density at radius 3 is 3.11 bits per heavy atom. The highest BCUT2D eigenvalue weighted by Gasteiger charge is 2.52. The molecule has 6 nitrogen and oxygen atoms in total. The van der Waals surface area contributed by atoms with Gasteiger partial charge in [0.1, 0.15) is 6.04 Å². The van der Waals surface area contributed by atoms with Gasteiger partial charge in [0.05, 0.1) is 4.87 Å². The van der Waals surface area contributed by atoms with Gasteiger partial charge in [-0.2, -0.15) is 5.10 Å². The molecule has 2 atom stereocenters. The highest BCUT2D eigenvalue weighted by Crippen LogP contribution is 2.47. The van der Waals surface area contributed by atoms with E-state index < -0.39 is 0 Å². The monoisotopic (exact) mass is 280 g/mol. The van der Waals surface area contributed by atoms with Crippen LogP contribution < -0.4 is 5.32 Å². The fraction of sp³-hybridized carbons (Fsp3) is 0.583. The zero-order chi connectivity index (χ0) is 13.6. The van der Waals surface area contributed by atoms with Crippen molar-refractivity contribution in [1.82, 2.24) is 14.7 Å². The molecule has 1 N–H and O–H groups in total. The van der Waals surface area contributed by atoms with Crippen molar-refractivity contribution in [3.63, 3.8) is 0 Å². The van der Waals surface area contributed by atoms with Crippen LogP contribution in [-0.2, 0) is 16.6 Å². The van der Waals surface area contributed by atoms with Crippen molar-refractivity contribution in [2.75, 3.05) is 11.1 Å². The first-order chi connectivity index (χ1) is 8.99. The number of nitrogens with one attached hydrogen (secondary N) is 1. The summed E-state index contributed by atoms with van der Waals surface area (Å²) in [5.74, 6) is 1.11. The largest absolute Gasteiger partial charge is 0.315 e. The van der Waals surface area contributed by atoms with Crippen molar-refractivity contribution >= 4 is 29.4 Å². The van der Waals surface area contributed by atoms with Crippen molar-refractivity contribution in [3.8, 4) is 0 Å². The Balaban J connectivity index is 1.76. The Bertz CT molecular complexity index is 544. The number of rotatable bonds is 2. The number of anilines is 1. The second-order valence-electron chi connectivity index (χ2n) is 5.13. The number of thioether (sulfide) groups is 1. The molecule has 2 saturated heterocycles. The summed E-state index contributed by atoms with van der Waals surface area (Å²) in [6, 6.07) is 1.36. The van der Waals surface area contributed by atoms with Gasteiger partial charge >= 0.3 is 0 Å². The number of amides is 2. The summed E-state index contributed by atoms with van der Waals surface area (Å²) in [6.07, 6.45) is 3.13. The maximum absolute atomic E-state index is 12.3. The molecule has 19 heavy (non-hydrogen) atoms. The standard InChI is InChI=1S/C12H16N4O2S/c1-12-5-3-10(17)16(12)8(7-19-12)11(18)13-9-4-6-15(2)14-9/h4,6,8H,3,5,7H2,1-2H3,(H,13,14,18)/t8-,12+/m1/s1. The second kappa shape index (κ2) is 4.26. The van der Waals surface area contributed by atoms with Crippen LogP contribution >= 0.6 is 11.8 Å². The molecular formula is C12H16N4O2S. The molecule has 0 unspecified atom stereocenters. The summed E-state index contributed by atoms with van der Waals surface area (Å²) in [5, 5.41) is 6.90. The maximum Gasteiger partial charge on any atom is 0.249 e. The third kappa shape index (κ3) is 2.01. The minimum atomic E-state index is -0.382. The zero-order valence-electron chi connectivity index (χ0n) is 10.9. The first-order valence-electron chi connectivity index (χ1n) is 6.26. The number of nitrogens with zero attached hydrogens (tertiary/aromatic N) is 3. The van der Waals surface area contributed by atoms with E-state index in [0.29, 0.717) is 18.0 Å². The number of carbonyl (C=O) groups excluding carboxylic acids is 2. The number of hydrogen-bond acceptors (Lipinski definition) is 4. The molecular weight excluding hydrogens is 264 g/mol. The zero-order valence-corrected chi connectivity index (χ0v) is 11.7. The third-order valence-corrected chi connectivity index (χ3v) is 5.22. The van der Waals surface area contributed by atoms with E-state index in [1.54, 1.807) is 40.7 Å². The fourth-order valence-corrected chi connectivity index (χ4v) is 4.14. The third-order valence-electron chi connectivity index (χ3n) is 3.71. The van der Waals surface area contributed by atoms with Gasteiger partial charge in [0.2, 0.25) is 11.8 Å². The number of fused-ring (bicyclic) bond motifs is 1. The topological polar surface area (TPSA) is 67.2 Å². The summed E-state index contributed by atoms with van der Waals surface area (Å²) >= 11 is 1.69. The van der Waals surface area contributed by atoms with Gasteiger partial charge < -0.3 is 10.2 Å². The molecule has 3 heterocycles.